The third-order valence-electron chi connectivity index (χ3n) is 8.87. The summed E-state index contributed by atoms with van der Waals surface area (Å²) in [6.07, 6.45) is 5.83. The monoisotopic (exact) mass is 438 g/mol. The fourth-order valence-electron chi connectivity index (χ4n) is 7.11. The fourth-order valence-corrected chi connectivity index (χ4v) is 7.11. The molecule has 2 saturated heterocycles. The van der Waals surface area contributed by atoms with Gasteiger partial charge < -0.3 is 14.4 Å². The van der Waals surface area contributed by atoms with Gasteiger partial charge >= 0.3 is 5.97 Å². The lowest BCUT2D eigenvalue weighted by Gasteiger charge is -2.50. The molecule has 0 aromatic heterocycles. The minimum Gasteiger partial charge on any atom is -0.497 e. The molecule has 5 nitrogen and oxygen atoms in total. The smallest absolute Gasteiger partial charge is 0.310 e. The van der Waals surface area contributed by atoms with Crippen LogP contribution >= 0.6 is 0 Å². The van der Waals surface area contributed by atoms with E-state index < -0.39 is 0 Å². The number of allylic oxidation sites excluding steroid dienone is 1. The molecule has 1 aromatic carbocycles. The van der Waals surface area contributed by atoms with Crippen molar-refractivity contribution in [3.63, 3.8) is 0 Å². The largest absolute Gasteiger partial charge is 0.497 e. The molecule has 2 heterocycles. The van der Waals surface area contributed by atoms with E-state index in [1.807, 2.05) is 6.07 Å². The van der Waals surface area contributed by atoms with Gasteiger partial charge in [-0.3, -0.25) is 9.69 Å². The molecule has 0 bridgehead atoms. The zero-order chi connectivity index (χ0) is 22.5. The summed E-state index contributed by atoms with van der Waals surface area (Å²) in [5, 5.41) is 0. The van der Waals surface area contributed by atoms with Crippen LogP contribution < -0.4 is 9.64 Å². The normalized spacial score (nSPS) is 37.6. The third kappa shape index (κ3) is 3.83. The Hall–Kier alpha value is -2.01. The number of piperazine rings is 1. The van der Waals surface area contributed by atoms with Crippen LogP contribution in [0, 0.1) is 23.2 Å². The SMILES string of the molecule is C=C1CCC[C@]2(C)C[C@H]3OC(=O)[C@H](CN4CCN(c5cccc(OC)c5)[C@@H](C)C4)[C@H]3C[C@H]12. The number of nitrogens with zero attached hydrogens (tertiary/aromatic N) is 2. The number of anilines is 1. The maximum Gasteiger partial charge on any atom is 0.310 e. The first-order valence-electron chi connectivity index (χ1n) is 12.4. The van der Waals surface area contributed by atoms with Crippen LogP contribution in [-0.2, 0) is 9.53 Å². The van der Waals surface area contributed by atoms with Crippen molar-refractivity contribution in [2.45, 2.75) is 58.1 Å². The van der Waals surface area contributed by atoms with E-state index in [0.29, 0.717) is 17.9 Å². The van der Waals surface area contributed by atoms with E-state index in [-0.39, 0.29) is 23.4 Å². The molecule has 0 spiro atoms. The van der Waals surface area contributed by atoms with Gasteiger partial charge in [0.1, 0.15) is 11.9 Å². The minimum atomic E-state index is 0.00912. The molecule has 5 rings (SSSR count). The van der Waals surface area contributed by atoms with E-state index in [1.54, 1.807) is 7.11 Å². The van der Waals surface area contributed by atoms with Gasteiger partial charge in [-0.15, -0.1) is 0 Å². The number of methoxy groups -OCH3 is 1. The molecule has 0 N–H and O–H groups in total. The summed E-state index contributed by atoms with van der Waals surface area (Å²) in [6.45, 7) is 12.8. The van der Waals surface area contributed by atoms with Crippen LogP contribution in [0.4, 0.5) is 5.69 Å². The summed E-state index contributed by atoms with van der Waals surface area (Å²) < 4.78 is 11.4. The molecule has 2 aliphatic carbocycles. The third-order valence-corrected chi connectivity index (χ3v) is 8.87. The molecule has 6 atom stereocenters. The maximum atomic E-state index is 12.9. The Kier molecular flexibility index (Phi) is 5.73. The van der Waals surface area contributed by atoms with Crippen LogP contribution in [0.3, 0.4) is 0 Å². The molecule has 2 saturated carbocycles. The van der Waals surface area contributed by atoms with Crippen molar-refractivity contribution in [2.75, 3.05) is 38.2 Å². The number of carbonyl (C=O) groups is 1. The molecule has 0 amide bonds. The summed E-state index contributed by atoms with van der Waals surface area (Å²) in [5.41, 5.74) is 2.89. The maximum absolute atomic E-state index is 12.9. The number of esters is 1. The molecule has 174 valence electrons. The first-order valence-corrected chi connectivity index (χ1v) is 12.4. The minimum absolute atomic E-state index is 0.00912. The van der Waals surface area contributed by atoms with E-state index in [0.717, 1.165) is 51.2 Å². The Morgan fingerprint density at radius 2 is 2.16 bits per heavy atom. The van der Waals surface area contributed by atoms with Crippen LogP contribution in [0.1, 0.15) is 46.0 Å². The van der Waals surface area contributed by atoms with Gasteiger partial charge in [-0.2, -0.15) is 0 Å². The molecular weight excluding hydrogens is 400 g/mol. The lowest BCUT2D eigenvalue weighted by molar-refractivity contribution is -0.146. The summed E-state index contributed by atoms with van der Waals surface area (Å²) in [7, 11) is 1.71. The Labute approximate surface area is 192 Å². The summed E-state index contributed by atoms with van der Waals surface area (Å²) >= 11 is 0. The van der Waals surface area contributed by atoms with E-state index >= 15 is 0 Å². The fraction of sp³-hybridized carbons (Fsp3) is 0.667. The summed E-state index contributed by atoms with van der Waals surface area (Å²) in [4.78, 5) is 17.9. The van der Waals surface area contributed by atoms with E-state index in [2.05, 4.69) is 48.4 Å². The Morgan fingerprint density at radius 1 is 1.31 bits per heavy atom. The molecule has 32 heavy (non-hydrogen) atoms. The second kappa shape index (κ2) is 8.40. The number of fused-ring (bicyclic) bond motifs is 2. The van der Waals surface area contributed by atoms with Crippen molar-refractivity contribution >= 4 is 11.7 Å². The highest BCUT2D eigenvalue weighted by molar-refractivity contribution is 5.75. The van der Waals surface area contributed by atoms with Crippen molar-refractivity contribution in [3.8, 4) is 5.75 Å². The Bertz CT molecular complexity index is 885. The second-order valence-corrected chi connectivity index (χ2v) is 10.9. The molecule has 0 radical (unpaired) electrons. The van der Waals surface area contributed by atoms with Crippen molar-refractivity contribution in [1.29, 1.82) is 0 Å². The number of rotatable bonds is 4. The van der Waals surface area contributed by atoms with Crippen molar-refractivity contribution in [2.24, 2.45) is 23.2 Å². The first kappa shape index (κ1) is 21.8. The molecule has 4 aliphatic rings. The van der Waals surface area contributed by atoms with Crippen molar-refractivity contribution in [1.82, 2.24) is 4.90 Å². The average molecular weight is 439 g/mol. The van der Waals surface area contributed by atoms with Gasteiger partial charge in [-0.1, -0.05) is 25.1 Å². The number of hydrogen-bond acceptors (Lipinski definition) is 5. The molecule has 5 heteroatoms. The van der Waals surface area contributed by atoms with Gasteiger partial charge in [0, 0.05) is 49.9 Å². The van der Waals surface area contributed by atoms with Gasteiger partial charge in [-0.25, -0.2) is 0 Å². The highest BCUT2D eigenvalue weighted by atomic mass is 16.6. The van der Waals surface area contributed by atoms with Gasteiger partial charge in [0.15, 0.2) is 0 Å². The average Bonchev–Trinajstić information content (AvgIpc) is 3.06. The van der Waals surface area contributed by atoms with E-state index in [4.69, 9.17) is 9.47 Å². The predicted octanol–water partition coefficient (Wildman–Crippen LogP) is 4.52. The molecule has 1 aromatic rings. The van der Waals surface area contributed by atoms with Crippen molar-refractivity contribution in [3.05, 3.63) is 36.4 Å². The van der Waals surface area contributed by atoms with Crippen molar-refractivity contribution < 1.29 is 14.3 Å². The molecule has 4 fully saturated rings. The highest BCUT2D eigenvalue weighted by Gasteiger charge is 2.55. The standard InChI is InChI=1S/C27H38N2O3/c1-18-7-6-10-27(3)15-25-22(14-24(18)27)23(26(30)32-25)17-28-11-12-29(19(2)16-28)20-8-5-9-21(13-20)31-4/h5,8-9,13,19,22-25H,1,6-7,10-12,14-17H2,2-4H3/t19-,22+,23+,24+,25+,27+/m0/s1. The summed E-state index contributed by atoms with van der Waals surface area (Å²) in [5.74, 6) is 1.84. The van der Waals surface area contributed by atoms with Crippen LogP contribution in [0.25, 0.3) is 0 Å². The van der Waals surface area contributed by atoms with Crippen LogP contribution in [-0.4, -0.2) is 56.3 Å². The van der Waals surface area contributed by atoms with Gasteiger partial charge in [0.25, 0.3) is 0 Å². The van der Waals surface area contributed by atoms with E-state index in [9.17, 15) is 4.79 Å². The summed E-state index contributed by atoms with van der Waals surface area (Å²) in [6, 6.07) is 8.70. The van der Waals surface area contributed by atoms with E-state index in [1.165, 1.54) is 24.1 Å². The molecule has 0 unspecified atom stereocenters. The van der Waals surface area contributed by atoms with Crippen LogP contribution in [0.15, 0.2) is 36.4 Å². The zero-order valence-electron chi connectivity index (χ0n) is 19.9. The Balaban J connectivity index is 1.25. The lowest BCUT2D eigenvalue weighted by Crippen LogP contribution is -2.54. The number of ether oxygens (including phenoxy) is 2. The number of hydrogen-bond donors (Lipinski definition) is 0. The predicted molar refractivity (Wildman–Crippen MR) is 127 cm³/mol. The van der Waals surface area contributed by atoms with Crippen LogP contribution in [0.2, 0.25) is 0 Å². The quantitative estimate of drug-likeness (QED) is 0.511. The van der Waals surface area contributed by atoms with Gasteiger partial charge in [0.05, 0.1) is 13.0 Å². The Morgan fingerprint density at radius 3 is 2.94 bits per heavy atom. The lowest BCUT2D eigenvalue weighted by atomic mass is 9.55. The first-order chi connectivity index (χ1) is 15.4. The number of carbonyl (C=O) groups excluding carboxylic acids is 1. The van der Waals surface area contributed by atoms with Gasteiger partial charge in [-0.05, 0) is 62.5 Å². The van der Waals surface area contributed by atoms with Gasteiger partial charge in [0.2, 0.25) is 0 Å². The van der Waals surface area contributed by atoms with Crippen LogP contribution in [0.5, 0.6) is 5.75 Å². The number of benzene rings is 1. The molecule has 2 aliphatic heterocycles. The highest BCUT2D eigenvalue weighted by Crippen LogP contribution is 2.57. The topological polar surface area (TPSA) is 42.0 Å². The molecular formula is C27H38N2O3. The second-order valence-electron chi connectivity index (χ2n) is 10.9. The zero-order valence-corrected chi connectivity index (χ0v) is 19.9.